The van der Waals surface area contributed by atoms with E-state index in [1.165, 1.54) is 19.1 Å². The van der Waals surface area contributed by atoms with E-state index in [-0.39, 0.29) is 30.5 Å². The number of rotatable bonds is 8. The van der Waals surface area contributed by atoms with Crippen LogP contribution in [0.1, 0.15) is 32.8 Å². The molecule has 2 amide bonds. The summed E-state index contributed by atoms with van der Waals surface area (Å²) in [6.45, 7) is 9.67. The monoisotopic (exact) mass is 385 g/mol. The van der Waals surface area contributed by atoms with Crippen LogP contribution >= 0.6 is 0 Å². The number of halogens is 1. The third-order valence-corrected chi connectivity index (χ3v) is 4.69. The lowest BCUT2D eigenvalue weighted by Gasteiger charge is -2.26. The van der Waals surface area contributed by atoms with Crippen LogP contribution in [0, 0.1) is 12.7 Å². The van der Waals surface area contributed by atoms with E-state index in [1.807, 2.05) is 19.1 Å². The second-order valence-corrected chi connectivity index (χ2v) is 6.59. The number of amides is 2. The van der Waals surface area contributed by atoms with Gasteiger partial charge in [-0.25, -0.2) is 4.39 Å². The highest BCUT2D eigenvalue weighted by Gasteiger charge is 2.17. The minimum atomic E-state index is -0.484. The first-order valence-corrected chi connectivity index (χ1v) is 9.55. The van der Waals surface area contributed by atoms with Crippen molar-refractivity contribution >= 4 is 28.9 Å². The van der Waals surface area contributed by atoms with Crippen LogP contribution in [0.5, 0.6) is 0 Å². The topological polar surface area (TPSA) is 52.6 Å². The maximum absolute atomic E-state index is 13.7. The van der Waals surface area contributed by atoms with Gasteiger partial charge in [0.1, 0.15) is 5.82 Å². The van der Waals surface area contributed by atoms with Crippen molar-refractivity contribution in [3.63, 3.8) is 0 Å². The van der Waals surface area contributed by atoms with Crippen LogP contribution in [0.3, 0.4) is 0 Å². The molecular weight excluding hydrogens is 357 g/mol. The van der Waals surface area contributed by atoms with E-state index in [4.69, 9.17) is 0 Å². The third kappa shape index (κ3) is 5.31. The number of carbonyl (C=O) groups excluding carboxylic acids is 2. The van der Waals surface area contributed by atoms with E-state index in [0.29, 0.717) is 0 Å². The van der Waals surface area contributed by atoms with Crippen molar-refractivity contribution in [2.45, 2.75) is 34.1 Å². The first-order chi connectivity index (χ1) is 13.4. The molecule has 5 nitrogen and oxygen atoms in total. The van der Waals surface area contributed by atoms with Crippen molar-refractivity contribution in [1.29, 1.82) is 0 Å². The standard InChI is InChI=1S/C22H28FN3O2/c1-5-25(6-2)18-11-12-21(16(3)15-18)26(17(4)27)14-13-22(28)24-20-10-8-7-9-19(20)23/h7-12,15H,5-6,13-14H2,1-4H3,(H,24,28). The van der Waals surface area contributed by atoms with Gasteiger partial charge in [-0.15, -0.1) is 0 Å². The highest BCUT2D eigenvalue weighted by atomic mass is 19.1. The van der Waals surface area contributed by atoms with Crippen LogP contribution < -0.4 is 15.1 Å². The molecule has 0 unspecified atom stereocenters. The molecule has 0 spiro atoms. The van der Waals surface area contributed by atoms with Crippen molar-refractivity contribution < 1.29 is 14.0 Å². The molecular formula is C22H28FN3O2. The Morgan fingerprint density at radius 1 is 1.07 bits per heavy atom. The molecule has 2 aromatic carbocycles. The van der Waals surface area contributed by atoms with Crippen LogP contribution in [-0.4, -0.2) is 31.4 Å². The molecule has 0 aliphatic carbocycles. The average molecular weight is 385 g/mol. The molecule has 0 saturated carbocycles. The molecule has 6 heteroatoms. The van der Waals surface area contributed by atoms with Crippen LogP contribution in [0.4, 0.5) is 21.5 Å². The molecule has 0 fully saturated rings. The largest absolute Gasteiger partial charge is 0.372 e. The lowest BCUT2D eigenvalue weighted by molar-refractivity contribution is -0.117. The number of carbonyl (C=O) groups is 2. The highest BCUT2D eigenvalue weighted by molar-refractivity contribution is 5.95. The summed E-state index contributed by atoms with van der Waals surface area (Å²) in [4.78, 5) is 28.2. The van der Waals surface area contributed by atoms with Crippen LogP contribution in [0.25, 0.3) is 0 Å². The number of hydrogen-bond donors (Lipinski definition) is 1. The lowest BCUT2D eigenvalue weighted by atomic mass is 10.1. The second kappa shape index (κ2) is 9.88. The summed E-state index contributed by atoms with van der Waals surface area (Å²) in [5.41, 5.74) is 2.99. The summed E-state index contributed by atoms with van der Waals surface area (Å²) < 4.78 is 13.7. The molecule has 2 aromatic rings. The van der Waals surface area contributed by atoms with Gasteiger partial charge in [0, 0.05) is 44.4 Å². The molecule has 0 heterocycles. The molecule has 150 valence electrons. The van der Waals surface area contributed by atoms with Crippen LogP contribution in [0.2, 0.25) is 0 Å². The van der Waals surface area contributed by atoms with Crippen molar-refractivity contribution in [2.75, 3.05) is 34.8 Å². The zero-order valence-electron chi connectivity index (χ0n) is 17.0. The molecule has 0 aliphatic heterocycles. The van der Waals surface area contributed by atoms with E-state index in [0.717, 1.165) is 30.0 Å². The number of hydrogen-bond acceptors (Lipinski definition) is 3. The first-order valence-electron chi connectivity index (χ1n) is 9.55. The number of benzene rings is 2. The summed E-state index contributed by atoms with van der Waals surface area (Å²) in [5.74, 6) is -0.965. The van der Waals surface area contributed by atoms with Crippen molar-refractivity contribution in [2.24, 2.45) is 0 Å². The van der Waals surface area contributed by atoms with Crippen molar-refractivity contribution in [3.8, 4) is 0 Å². The van der Waals surface area contributed by atoms with E-state index < -0.39 is 5.82 Å². The fraction of sp³-hybridized carbons (Fsp3) is 0.364. The van der Waals surface area contributed by atoms with Crippen molar-refractivity contribution in [3.05, 3.63) is 53.8 Å². The second-order valence-electron chi connectivity index (χ2n) is 6.59. The normalized spacial score (nSPS) is 10.5. The Morgan fingerprint density at radius 3 is 2.32 bits per heavy atom. The number of anilines is 3. The molecule has 0 aliphatic rings. The van der Waals surface area contributed by atoms with Gasteiger partial charge >= 0.3 is 0 Å². The van der Waals surface area contributed by atoms with Gasteiger partial charge < -0.3 is 15.1 Å². The summed E-state index contributed by atoms with van der Waals surface area (Å²) in [5, 5.41) is 2.55. The third-order valence-electron chi connectivity index (χ3n) is 4.69. The maximum atomic E-state index is 13.7. The minimum absolute atomic E-state index is 0.0746. The molecule has 0 atom stereocenters. The van der Waals surface area contributed by atoms with Gasteiger partial charge in [0.15, 0.2) is 0 Å². The van der Waals surface area contributed by atoms with Gasteiger partial charge in [0.05, 0.1) is 5.69 Å². The SMILES string of the molecule is CCN(CC)c1ccc(N(CCC(=O)Nc2ccccc2F)C(C)=O)c(C)c1. The van der Waals surface area contributed by atoms with Crippen LogP contribution in [0.15, 0.2) is 42.5 Å². The molecule has 0 radical (unpaired) electrons. The van der Waals surface area contributed by atoms with Crippen molar-refractivity contribution in [1.82, 2.24) is 0 Å². The number of para-hydroxylation sites is 1. The Morgan fingerprint density at radius 2 is 1.75 bits per heavy atom. The number of aryl methyl sites for hydroxylation is 1. The van der Waals surface area contributed by atoms with Gasteiger partial charge in [-0.2, -0.15) is 0 Å². The molecule has 0 bridgehead atoms. The Balaban J connectivity index is 2.10. The number of nitrogens with zero attached hydrogens (tertiary/aromatic N) is 2. The van der Waals surface area contributed by atoms with Gasteiger partial charge in [-0.1, -0.05) is 12.1 Å². The fourth-order valence-electron chi connectivity index (χ4n) is 3.16. The predicted molar refractivity (Wildman–Crippen MR) is 112 cm³/mol. The number of nitrogens with one attached hydrogen (secondary N) is 1. The smallest absolute Gasteiger partial charge is 0.226 e. The fourth-order valence-corrected chi connectivity index (χ4v) is 3.16. The minimum Gasteiger partial charge on any atom is -0.372 e. The quantitative estimate of drug-likeness (QED) is 0.734. The average Bonchev–Trinajstić information content (AvgIpc) is 2.66. The predicted octanol–water partition coefficient (Wildman–Crippen LogP) is 4.36. The van der Waals surface area contributed by atoms with E-state index in [9.17, 15) is 14.0 Å². The van der Waals surface area contributed by atoms with Gasteiger partial charge in [-0.05, 0) is 56.7 Å². The summed E-state index contributed by atoms with van der Waals surface area (Å²) >= 11 is 0. The summed E-state index contributed by atoms with van der Waals surface area (Å²) in [6, 6.07) is 12.0. The Bertz CT molecular complexity index is 834. The molecule has 0 aromatic heterocycles. The van der Waals surface area contributed by atoms with Gasteiger partial charge in [0.2, 0.25) is 11.8 Å². The zero-order chi connectivity index (χ0) is 20.7. The lowest BCUT2D eigenvalue weighted by Crippen LogP contribution is -2.32. The Kier molecular flexibility index (Phi) is 7.55. The molecule has 2 rings (SSSR count). The summed E-state index contributed by atoms with van der Waals surface area (Å²) in [6.07, 6.45) is 0.0746. The van der Waals surface area contributed by atoms with E-state index >= 15 is 0 Å². The summed E-state index contributed by atoms with van der Waals surface area (Å²) in [7, 11) is 0. The van der Waals surface area contributed by atoms with Gasteiger partial charge in [0.25, 0.3) is 0 Å². The highest BCUT2D eigenvalue weighted by Crippen LogP contribution is 2.26. The molecule has 28 heavy (non-hydrogen) atoms. The molecule has 0 saturated heterocycles. The van der Waals surface area contributed by atoms with Crippen LogP contribution in [-0.2, 0) is 9.59 Å². The Hall–Kier alpha value is -2.89. The maximum Gasteiger partial charge on any atom is 0.226 e. The Labute approximate surface area is 166 Å². The van der Waals surface area contributed by atoms with E-state index in [2.05, 4.69) is 30.1 Å². The first kappa shape index (κ1) is 21.4. The van der Waals surface area contributed by atoms with Gasteiger partial charge in [-0.3, -0.25) is 9.59 Å². The zero-order valence-corrected chi connectivity index (χ0v) is 17.0. The van der Waals surface area contributed by atoms with E-state index in [1.54, 1.807) is 17.0 Å². The molecule has 1 N–H and O–H groups in total.